The monoisotopic (exact) mass is 239 g/mol. The van der Waals surface area contributed by atoms with E-state index in [9.17, 15) is 13.2 Å². The first-order valence-electron chi connectivity index (χ1n) is 5.58. The van der Waals surface area contributed by atoms with Gasteiger partial charge >= 0.3 is 0 Å². The van der Waals surface area contributed by atoms with Crippen LogP contribution in [0.15, 0.2) is 15.9 Å². The lowest BCUT2D eigenvalue weighted by Gasteiger charge is -2.16. The van der Waals surface area contributed by atoms with Crippen molar-refractivity contribution < 1.29 is 8.42 Å². The van der Waals surface area contributed by atoms with Gasteiger partial charge in [-0.05, 0) is 37.3 Å². The molecule has 1 aliphatic carbocycles. The summed E-state index contributed by atoms with van der Waals surface area (Å²) in [4.78, 5) is 12.1. The van der Waals surface area contributed by atoms with Gasteiger partial charge < -0.3 is 0 Å². The molecule has 86 valence electrons. The maximum absolute atomic E-state index is 12.1. The second-order valence-electron chi connectivity index (χ2n) is 4.47. The number of fused-ring (bicyclic) bond motifs is 2. The molecule has 16 heavy (non-hydrogen) atoms. The minimum Gasteiger partial charge on any atom is -0.298 e. The Morgan fingerprint density at radius 3 is 2.75 bits per heavy atom. The molecule has 0 fully saturated rings. The highest BCUT2D eigenvalue weighted by Gasteiger charge is 2.29. The van der Waals surface area contributed by atoms with Crippen molar-refractivity contribution in [2.75, 3.05) is 5.75 Å². The summed E-state index contributed by atoms with van der Waals surface area (Å²) < 4.78 is 24.9. The molecule has 1 aromatic rings. The summed E-state index contributed by atoms with van der Waals surface area (Å²) >= 11 is 0. The maximum Gasteiger partial charge on any atom is 0.255 e. The second-order valence-corrected chi connectivity index (χ2v) is 6.53. The maximum atomic E-state index is 12.1. The quantitative estimate of drug-likeness (QED) is 0.663. The van der Waals surface area contributed by atoms with Gasteiger partial charge in [0, 0.05) is 12.1 Å². The predicted molar refractivity (Wildman–Crippen MR) is 59.4 cm³/mol. The topological polar surface area (TPSA) is 56.1 Å². The van der Waals surface area contributed by atoms with Crippen molar-refractivity contribution >= 4 is 9.84 Å². The first-order chi connectivity index (χ1) is 7.59. The van der Waals surface area contributed by atoms with Crippen LogP contribution in [0.3, 0.4) is 0 Å². The molecule has 5 heteroatoms. The zero-order chi connectivity index (χ0) is 11.3. The molecule has 0 saturated carbocycles. The molecule has 0 radical (unpaired) electrons. The van der Waals surface area contributed by atoms with Crippen LogP contribution in [0.5, 0.6) is 0 Å². The lowest BCUT2D eigenvalue weighted by atomic mass is 9.93. The van der Waals surface area contributed by atoms with E-state index in [1.807, 2.05) is 0 Å². The normalized spacial score (nSPS) is 21.5. The molecule has 0 bridgehead atoms. The molecule has 2 heterocycles. The van der Waals surface area contributed by atoms with Crippen LogP contribution in [0.4, 0.5) is 0 Å². The van der Waals surface area contributed by atoms with Crippen molar-refractivity contribution in [2.45, 2.75) is 37.3 Å². The molecule has 0 atom stereocenters. The molecule has 0 unspecified atom stereocenters. The van der Waals surface area contributed by atoms with Gasteiger partial charge in [0.05, 0.1) is 5.75 Å². The van der Waals surface area contributed by atoms with Crippen molar-refractivity contribution in [3.8, 4) is 0 Å². The van der Waals surface area contributed by atoms with Crippen molar-refractivity contribution in [3.05, 3.63) is 27.5 Å². The standard InChI is InChI=1S/C11H13NO3S/c13-11-9-4-2-1-3-8(9)7-10-12(11)5-6-16(10,14)15/h7H,1-6H2. The Morgan fingerprint density at radius 2 is 1.94 bits per heavy atom. The van der Waals surface area contributed by atoms with E-state index in [2.05, 4.69) is 0 Å². The van der Waals surface area contributed by atoms with Crippen LogP contribution in [0.2, 0.25) is 0 Å². The number of aromatic nitrogens is 1. The predicted octanol–water partition coefficient (Wildman–Crippen LogP) is 0.514. The number of nitrogens with zero attached hydrogens (tertiary/aromatic N) is 1. The van der Waals surface area contributed by atoms with Gasteiger partial charge in [0.25, 0.3) is 5.56 Å². The molecule has 1 aliphatic heterocycles. The SMILES string of the molecule is O=c1c2c(cc3n1CCS3(=O)=O)CCCC2. The summed E-state index contributed by atoms with van der Waals surface area (Å²) in [5.74, 6) is 0.0745. The highest BCUT2D eigenvalue weighted by molar-refractivity contribution is 7.91. The number of sulfone groups is 1. The van der Waals surface area contributed by atoms with E-state index in [-0.39, 0.29) is 16.3 Å². The zero-order valence-corrected chi connectivity index (χ0v) is 9.72. The fourth-order valence-corrected chi connectivity index (χ4v) is 4.07. The number of pyridine rings is 1. The van der Waals surface area contributed by atoms with Crippen LogP contribution in [0, 0.1) is 0 Å². The van der Waals surface area contributed by atoms with Gasteiger partial charge in [-0.2, -0.15) is 0 Å². The van der Waals surface area contributed by atoms with Crippen LogP contribution in [-0.4, -0.2) is 18.7 Å². The van der Waals surface area contributed by atoms with Gasteiger partial charge in [-0.25, -0.2) is 8.42 Å². The van der Waals surface area contributed by atoms with Crippen molar-refractivity contribution in [1.29, 1.82) is 0 Å². The minimum atomic E-state index is -3.20. The van der Waals surface area contributed by atoms with Gasteiger partial charge in [0.1, 0.15) is 5.03 Å². The van der Waals surface area contributed by atoms with E-state index in [4.69, 9.17) is 0 Å². The molecule has 0 aromatic carbocycles. The smallest absolute Gasteiger partial charge is 0.255 e. The van der Waals surface area contributed by atoms with Crippen molar-refractivity contribution in [2.24, 2.45) is 0 Å². The van der Waals surface area contributed by atoms with E-state index in [0.29, 0.717) is 6.54 Å². The van der Waals surface area contributed by atoms with Crippen LogP contribution >= 0.6 is 0 Å². The Kier molecular flexibility index (Phi) is 2.01. The Labute approximate surface area is 93.8 Å². The molecular formula is C11H13NO3S. The summed E-state index contributed by atoms with van der Waals surface area (Å²) in [6.07, 6.45) is 3.73. The highest BCUT2D eigenvalue weighted by atomic mass is 32.2. The van der Waals surface area contributed by atoms with Crippen LogP contribution < -0.4 is 5.56 Å². The Morgan fingerprint density at radius 1 is 1.19 bits per heavy atom. The molecule has 1 aromatic heterocycles. The Bertz CT molecular complexity index is 613. The average molecular weight is 239 g/mol. The molecular weight excluding hydrogens is 226 g/mol. The highest BCUT2D eigenvalue weighted by Crippen LogP contribution is 2.24. The molecule has 2 aliphatic rings. The molecule has 0 spiro atoms. The molecule has 0 N–H and O–H groups in total. The number of rotatable bonds is 0. The van der Waals surface area contributed by atoms with Gasteiger partial charge in [-0.15, -0.1) is 0 Å². The first-order valence-corrected chi connectivity index (χ1v) is 7.23. The molecule has 0 saturated heterocycles. The fourth-order valence-electron chi connectivity index (χ4n) is 2.61. The third-order valence-corrected chi connectivity index (χ3v) is 5.18. The van der Waals surface area contributed by atoms with Crippen LogP contribution in [-0.2, 0) is 29.2 Å². The Balaban J connectivity index is 2.35. The van der Waals surface area contributed by atoms with Gasteiger partial charge in [-0.1, -0.05) is 0 Å². The lowest BCUT2D eigenvalue weighted by molar-refractivity contribution is 0.593. The number of aryl methyl sites for hydroxylation is 1. The fraction of sp³-hybridized carbons (Fsp3) is 0.545. The average Bonchev–Trinajstić information content (AvgIpc) is 2.56. The zero-order valence-electron chi connectivity index (χ0n) is 8.90. The van der Waals surface area contributed by atoms with E-state index in [1.54, 1.807) is 6.07 Å². The van der Waals surface area contributed by atoms with Crippen LogP contribution in [0.25, 0.3) is 0 Å². The van der Waals surface area contributed by atoms with E-state index >= 15 is 0 Å². The molecule has 3 rings (SSSR count). The molecule has 0 amide bonds. The number of hydrogen-bond acceptors (Lipinski definition) is 3. The first kappa shape index (κ1) is 10.1. The summed E-state index contributed by atoms with van der Waals surface area (Å²) in [7, 11) is -3.20. The number of hydrogen-bond donors (Lipinski definition) is 0. The van der Waals surface area contributed by atoms with E-state index in [0.717, 1.165) is 36.8 Å². The van der Waals surface area contributed by atoms with Gasteiger partial charge in [-0.3, -0.25) is 9.36 Å². The summed E-state index contributed by atoms with van der Waals surface area (Å²) in [6, 6.07) is 1.72. The minimum absolute atomic E-state index is 0.0745. The van der Waals surface area contributed by atoms with Gasteiger partial charge in [0.15, 0.2) is 9.84 Å². The molecule has 4 nitrogen and oxygen atoms in total. The lowest BCUT2D eigenvalue weighted by Crippen LogP contribution is -2.27. The van der Waals surface area contributed by atoms with Crippen molar-refractivity contribution in [3.63, 3.8) is 0 Å². The third kappa shape index (κ3) is 1.27. The Hall–Kier alpha value is -1.10. The van der Waals surface area contributed by atoms with Crippen molar-refractivity contribution in [1.82, 2.24) is 4.57 Å². The summed E-state index contributed by atoms with van der Waals surface area (Å²) in [5, 5.41) is 0.234. The van der Waals surface area contributed by atoms with Gasteiger partial charge in [0.2, 0.25) is 0 Å². The summed E-state index contributed by atoms with van der Waals surface area (Å²) in [5.41, 5.74) is 1.72. The van der Waals surface area contributed by atoms with Crippen LogP contribution in [0.1, 0.15) is 24.0 Å². The third-order valence-electron chi connectivity index (χ3n) is 3.48. The van der Waals surface area contributed by atoms with E-state index < -0.39 is 9.84 Å². The largest absolute Gasteiger partial charge is 0.298 e. The summed E-state index contributed by atoms with van der Waals surface area (Å²) in [6.45, 7) is 0.323. The van der Waals surface area contributed by atoms with E-state index in [1.165, 1.54) is 4.57 Å². The second kappa shape index (κ2) is 3.20.